The number of aromatic nitrogens is 4. The zero-order chi connectivity index (χ0) is 13.1. The third-order valence-corrected chi connectivity index (χ3v) is 3.29. The summed E-state index contributed by atoms with van der Waals surface area (Å²) >= 11 is 5.82. The van der Waals surface area contributed by atoms with Crippen molar-refractivity contribution < 1.29 is 0 Å². The van der Waals surface area contributed by atoms with Crippen molar-refractivity contribution in [2.75, 3.05) is 31.1 Å². The van der Waals surface area contributed by atoms with Gasteiger partial charge in [0.15, 0.2) is 5.82 Å². The molecule has 1 aliphatic rings. The summed E-state index contributed by atoms with van der Waals surface area (Å²) in [7, 11) is 0. The standard InChI is InChI=1S/C12H15ClN6/c13-9-2-3-10(15-8-9)11-16-12(18-17-11)19-6-1-4-14-5-7-19/h2-3,8,14H,1,4-7H2,(H,16,17,18). The number of anilines is 1. The van der Waals surface area contributed by atoms with Crippen molar-refractivity contribution in [1.82, 2.24) is 25.5 Å². The van der Waals surface area contributed by atoms with Gasteiger partial charge in [0.05, 0.1) is 5.02 Å². The summed E-state index contributed by atoms with van der Waals surface area (Å²) in [6, 6.07) is 3.62. The summed E-state index contributed by atoms with van der Waals surface area (Å²) < 4.78 is 0. The molecule has 100 valence electrons. The van der Waals surface area contributed by atoms with Gasteiger partial charge in [0.2, 0.25) is 5.95 Å². The number of pyridine rings is 1. The lowest BCUT2D eigenvalue weighted by Gasteiger charge is -2.16. The second kappa shape index (κ2) is 5.54. The SMILES string of the molecule is Clc1ccc(-c2nc(N3CCCNCC3)n[nH]2)nc1. The van der Waals surface area contributed by atoms with Crippen LogP contribution in [0.25, 0.3) is 11.5 Å². The third kappa shape index (κ3) is 2.85. The first-order valence-electron chi connectivity index (χ1n) is 6.33. The van der Waals surface area contributed by atoms with Crippen LogP contribution in [0.3, 0.4) is 0 Å². The molecule has 2 aromatic heterocycles. The second-order valence-corrected chi connectivity index (χ2v) is 4.87. The maximum Gasteiger partial charge on any atom is 0.245 e. The smallest absolute Gasteiger partial charge is 0.245 e. The van der Waals surface area contributed by atoms with Gasteiger partial charge in [0.1, 0.15) is 5.69 Å². The fourth-order valence-electron chi connectivity index (χ4n) is 2.07. The molecule has 1 aliphatic heterocycles. The number of hydrogen-bond donors (Lipinski definition) is 2. The Morgan fingerprint density at radius 1 is 1.21 bits per heavy atom. The zero-order valence-electron chi connectivity index (χ0n) is 10.4. The zero-order valence-corrected chi connectivity index (χ0v) is 11.2. The maximum atomic E-state index is 5.82. The first-order valence-corrected chi connectivity index (χ1v) is 6.71. The van der Waals surface area contributed by atoms with E-state index >= 15 is 0 Å². The van der Waals surface area contributed by atoms with E-state index in [-0.39, 0.29) is 0 Å². The topological polar surface area (TPSA) is 69.7 Å². The van der Waals surface area contributed by atoms with Gasteiger partial charge in [0.25, 0.3) is 0 Å². The Bertz CT molecular complexity index is 529. The summed E-state index contributed by atoms with van der Waals surface area (Å²) in [6.07, 6.45) is 2.71. The monoisotopic (exact) mass is 278 g/mol. The predicted octanol–water partition coefficient (Wildman–Crippen LogP) is 1.32. The first-order chi connectivity index (χ1) is 9.33. The fourth-order valence-corrected chi connectivity index (χ4v) is 2.18. The fraction of sp³-hybridized carbons (Fsp3) is 0.417. The summed E-state index contributed by atoms with van der Waals surface area (Å²) in [5.41, 5.74) is 0.746. The van der Waals surface area contributed by atoms with Gasteiger partial charge in [-0.15, -0.1) is 5.10 Å². The van der Waals surface area contributed by atoms with Crippen molar-refractivity contribution in [2.24, 2.45) is 0 Å². The summed E-state index contributed by atoms with van der Waals surface area (Å²) in [5, 5.41) is 11.2. The second-order valence-electron chi connectivity index (χ2n) is 4.44. The number of aromatic amines is 1. The molecule has 1 saturated heterocycles. The van der Waals surface area contributed by atoms with Gasteiger partial charge in [-0.2, -0.15) is 4.98 Å². The molecule has 6 nitrogen and oxygen atoms in total. The highest BCUT2D eigenvalue weighted by atomic mass is 35.5. The third-order valence-electron chi connectivity index (χ3n) is 3.07. The van der Waals surface area contributed by atoms with E-state index in [0.717, 1.165) is 44.2 Å². The Morgan fingerprint density at radius 3 is 3.00 bits per heavy atom. The quantitative estimate of drug-likeness (QED) is 0.867. The lowest BCUT2D eigenvalue weighted by molar-refractivity contribution is 0.724. The molecule has 0 saturated carbocycles. The van der Waals surface area contributed by atoms with Crippen LogP contribution < -0.4 is 10.2 Å². The highest BCUT2D eigenvalue weighted by molar-refractivity contribution is 6.30. The van der Waals surface area contributed by atoms with E-state index in [2.05, 4.69) is 30.4 Å². The minimum absolute atomic E-state index is 0.613. The van der Waals surface area contributed by atoms with E-state index in [4.69, 9.17) is 11.6 Å². The molecule has 0 atom stereocenters. The van der Waals surface area contributed by atoms with Crippen molar-refractivity contribution in [3.63, 3.8) is 0 Å². The molecule has 3 rings (SSSR count). The van der Waals surface area contributed by atoms with Crippen molar-refractivity contribution in [3.05, 3.63) is 23.4 Å². The van der Waals surface area contributed by atoms with Crippen LogP contribution in [0.5, 0.6) is 0 Å². The van der Waals surface area contributed by atoms with E-state index in [1.807, 2.05) is 6.07 Å². The Labute approximate surface area is 116 Å². The number of nitrogens with one attached hydrogen (secondary N) is 2. The molecule has 3 heterocycles. The number of nitrogens with zero attached hydrogens (tertiary/aromatic N) is 4. The summed E-state index contributed by atoms with van der Waals surface area (Å²) in [5.74, 6) is 1.40. The van der Waals surface area contributed by atoms with Crippen LogP contribution in [0.2, 0.25) is 5.02 Å². The molecular weight excluding hydrogens is 264 g/mol. The van der Waals surface area contributed by atoms with E-state index in [0.29, 0.717) is 10.8 Å². The summed E-state index contributed by atoms with van der Waals surface area (Å²) in [6.45, 7) is 3.90. The molecule has 0 aromatic carbocycles. The van der Waals surface area contributed by atoms with Crippen LogP contribution in [0.4, 0.5) is 5.95 Å². The van der Waals surface area contributed by atoms with Crippen LogP contribution in [0, 0.1) is 0 Å². The average molecular weight is 279 g/mol. The Hall–Kier alpha value is -1.66. The minimum atomic E-state index is 0.613. The summed E-state index contributed by atoms with van der Waals surface area (Å²) in [4.78, 5) is 10.9. The van der Waals surface area contributed by atoms with E-state index in [9.17, 15) is 0 Å². The van der Waals surface area contributed by atoms with Crippen molar-refractivity contribution in [1.29, 1.82) is 0 Å². The highest BCUT2D eigenvalue weighted by Gasteiger charge is 2.15. The molecule has 0 bridgehead atoms. The Balaban J connectivity index is 1.80. The minimum Gasteiger partial charge on any atom is -0.338 e. The van der Waals surface area contributed by atoms with Gasteiger partial charge < -0.3 is 10.2 Å². The number of halogens is 1. The molecule has 2 N–H and O–H groups in total. The molecule has 2 aromatic rings. The van der Waals surface area contributed by atoms with Crippen LogP contribution in [0.1, 0.15) is 6.42 Å². The van der Waals surface area contributed by atoms with E-state index in [1.165, 1.54) is 0 Å². The van der Waals surface area contributed by atoms with Crippen molar-refractivity contribution in [2.45, 2.75) is 6.42 Å². The highest BCUT2D eigenvalue weighted by Crippen LogP contribution is 2.17. The lowest BCUT2D eigenvalue weighted by Crippen LogP contribution is -2.28. The first kappa shape index (κ1) is 12.4. The van der Waals surface area contributed by atoms with Gasteiger partial charge in [-0.25, -0.2) is 0 Å². The van der Waals surface area contributed by atoms with Crippen LogP contribution >= 0.6 is 11.6 Å². The number of rotatable bonds is 2. The molecule has 1 fully saturated rings. The van der Waals surface area contributed by atoms with E-state index in [1.54, 1.807) is 12.3 Å². The molecule has 0 spiro atoms. The molecule has 7 heteroatoms. The Morgan fingerprint density at radius 2 is 2.16 bits per heavy atom. The number of hydrogen-bond acceptors (Lipinski definition) is 5. The maximum absolute atomic E-state index is 5.82. The van der Waals surface area contributed by atoms with Gasteiger partial charge >= 0.3 is 0 Å². The molecule has 0 unspecified atom stereocenters. The van der Waals surface area contributed by atoms with Gasteiger partial charge in [-0.3, -0.25) is 10.1 Å². The van der Waals surface area contributed by atoms with E-state index < -0.39 is 0 Å². The van der Waals surface area contributed by atoms with Gasteiger partial charge in [-0.05, 0) is 25.1 Å². The molecule has 0 aliphatic carbocycles. The lowest BCUT2D eigenvalue weighted by atomic mass is 10.3. The Kier molecular flexibility index (Phi) is 3.61. The molecule has 0 amide bonds. The van der Waals surface area contributed by atoms with Crippen LogP contribution in [-0.2, 0) is 0 Å². The largest absolute Gasteiger partial charge is 0.338 e. The molecular formula is C12H15ClN6. The van der Waals surface area contributed by atoms with Crippen molar-refractivity contribution in [3.8, 4) is 11.5 Å². The predicted molar refractivity (Wildman–Crippen MR) is 74.3 cm³/mol. The van der Waals surface area contributed by atoms with Crippen molar-refractivity contribution >= 4 is 17.5 Å². The van der Waals surface area contributed by atoms with Gasteiger partial charge in [-0.1, -0.05) is 11.6 Å². The normalized spacial score (nSPS) is 16.4. The van der Waals surface area contributed by atoms with Crippen LogP contribution in [-0.4, -0.2) is 46.3 Å². The van der Waals surface area contributed by atoms with Gasteiger partial charge in [0, 0.05) is 25.8 Å². The molecule has 0 radical (unpaired) electrons. The van der Waals surface area contributed by atoms with Crippen LogP contribution in [0.15, 0.2) is 18.3 Å². The average Bonchev–Trinajstić information content (AvgIpc) is 2.76. The molecule has 19 heavy (non-hydrogen) atoms. The number of H-pyrrole nitrogens is 1.